The van der Waals surface area contributed by atoms with Gasteiger partial charge in [-0.1, -0.05) is 6.07 Å². The number of ether oxygens (including phenoxy) is 1. The quantitative estimate of drug-likeness (QED) is 0.764. The van der Waals surface area contributed by atoms with E-state index in [9.17, 15) is 14.4 Å². The number of urea groups is 1. The first-order valence-corrected chi connectivity index (χ1v) is 7.60. The first kappa shape index (κ1) is 17.7. The van der Waals surface area contributed by atoms with Crippen molar-refractivity contribution in [3.63, 3.8) is 0 Å². The van der Waals surface area contributed by atoms with Gasteiger partial charge in [0.05, 0.1) is 6.61 Å². The van der Waals surface area contributed by atoms with Gasteiger partial charge < -0.3 is 20.1 Å². The lowest BCUT2D eigenvalue weighted by Crippen LogP contribution is -2.38. The Morgan fingerprint density at radius 1 is 1.42 bits per heavy atom. The molecule has 2 N–H and O–H groups in total. The molecule has 0 unspecified atom stereocenters. The lowest BCUT2D eigenvalue weighted by molar-refractivity contribution is -0.137. The molecule has 0 atom stereocenters. The highest BCUT2D eigenvalue weighted by atomic mass is 16.5. The molecule has 8 heteroatoms. The fourth-order valence-corrected chi connectivity index (χ4v) is 2.64. The summed E-state index contributed by atoms with van der Waals surface area (Å²) in [7, 11) is 1.49. The van der Waals surface area contributed by atoms with Crippen molar-refractivity contribution in [2.24, 2.45) is 0 Å². The number of nitrogens with one attached hydrogen (secondary N) is 1. The number of carbonyl (C=O) groups is 3. The highest BCUT2D eigenvalue weighted by molar-refractivity contribution is 6.01. The number of rotatable bonds is 7. The summed E-state index contributed by atoms with van der Waals surface area (Å²) in [6.45, 7) is 2.84. The molecular formula is C16H21N3O5. The second-order valence-corrected chi connectivity index (χ2v) is 5.45. The Morgan fingerprint density at radius 2 is 2.17 bits per heavy atom. The number of amides is 3. The average Bonchev–Trinajstić information content (AvgIpc) is 2.96. The van der Waals surface area contributed by atoms with E-state index >= 15 is 0 Å². The third kappa shape index (κ3) is 3.83. The third-order valence-electron chi connectivity index (χ3n) is 3.86. The maximum Gasteiger partial charge on any atom is 0.323 e. The van der Waals surface area contributed by atoms with Gasteiger partial charge in [-0.05, 0) is 24.6 Å². The summed E-state index contributed by atoms with van der Waals surface area (Å²) in [5, 5.41) is 11.7. The molecule has 1 fully saturated rings. The third-order valence-corrected chi connectivity index (χ3v) is 3.86. The molecule has 1 saturated heterocycles. The number of nitrogens with zero attached hydrogens (tertiary/aromatic N) is 2. The molecular weight excluding hydrogens is 314 g/mol. The summed E-state index contributed by atoms with van der Waals surface area (Å²) in [5.74, 6) is -1.49. The van der Waals surface area contributed by atoms with Gasteiger partial charge in [0.2, 0.25) is 0 Å². The number of hydrogen-bond donors (Lipinski definition) is 2. The molecule has 0 bridgehead atoms. The molecule has 0 aliphatic carbocycles. The van der Waals surface area contributed by atoms with Gasteiger partial charge in [0, 0.05) is 38.0 Å². The van der Waals surface area contributed by atoms with Crippen LogP contribution in [0.15, 0.2) is 18.2 Å². The van der Waals surface area contributed by atoms with Crippen molar-refractivity contribution in [3.05, 3.63) is 29.3 Å². The van der Waals surface area contributed by atoms with Gasteiger partial charge in [-0.2, -0.15) is 0 Å². The highest BCUT2D eigenvalue weighted by Crippen LogP contribution is 2.25. The summed E-state index contributed by atoms with van der Waals surface area (Å²) in [4.78, 5) is 38.4. The van der Waals surface area contributed by atoms with Crippen LogP contribution in [0, 0.1) is 6.92 Å². The molecule has 0 radical (unpaired) electrons. The number of aliphatic carboxylic acids is 1. The molecule has 3 amide bonds. The van der Waals surface area contributed by atoms with E-state index in [1.165, 1.54) is 12.0 Å². The zero-order chi connectivity index (χ0) is 17.7. The fourth-order valence-electron chi connectivity index (χ4n) is 2.64. The number of carbonyl (C=O) groups excluding carboxylic acids is 2. The summed E-state index contributed by atoms with van der Waals surface area (Å²) in [6.07, 6.45) is 0. The van der Waals surface area contributed by atoms with Crippen LogP contribution in [0.4, 0.5) is 10.5 Å². The van der Waals surface area contributed by atoms with E-state index in [0.717, 1.165) is 0 Å². The lowest BCUT2D eigenvalue weighted by atomic mass is 10.0. The maximum atomic E-state index is 12.7. The summed E-state index contributed by atoms with van der Waals surface area (Å²) in [6, 6.07) is 4.89. The lowest BCUT2D eigenvalue weighted by Gasteiger charge is -2.23. The summed E-state index contributed by atoms with van der Waals surface area (Å²) >= 11 is 0. The Morgan fingerprint density at radius 3 is 2.75 bits per heavy atom. The molecule has 1 aromatic rings. The first-order valence-electron chi connectivity index (χ1n) is 7.60. The smallest absolute Gasteiger partial charge is 0.323 e. The van der Waals surface area contributed by atoms with Gasteiger partial charge in [0.15, 0.2) is 0 Å². The Kier molecular flexibility index (Phi) is 5.75. The molecule has 0 aromatic heterocycles. The van der Waals surface area contributed by atoms with Crippen LogP contribution in [0.3, 0.4) is 0 Å². The topological polar surface area (TPSA) is 99.2 Å². The SMILES string of the molecule is COCCN(CC(=O)O)C(=O)c1cccc(N2CCNC2=O)c1C. The van der Waals surface area contributed by atoms with Crippen LogP contribution < -0.4 is 10.2 Å². The van der Waals surface area contributed by atoms with Crippen LogP contribution in [0.1, 0.15) is 15.9 Å². The van der Waals surface area contributed by atoms with E-state index in [1.54, 1.807) is 30.0 Å². The Labute approximate surface area is 140 Å². The van der Waals surface area contributed by atoms with E-state index in [2.05, 4.69) is 5.32 Å². The number of methoxy groups -OCH3 is 1. The number of carboxylic acids is 1. The van der Waals surface area contributed by atoms with Gasteiger partial charge in [0.25, 0.3) is 5.91 Å². The zero-order valence-electron chi connectivity index (χ0n) is 13.7. The zero-order valence-corrected chi connectivity index (χ0v) is 13.7. The Balaban J connectivity index is 2.30. The minimum absolute atomic E-state index is 0.176. The van der Waals surface area contributed by atoms with Crippen molar-refractivity contribution < 1.29 is 24.2 Å². The molecule has 2 rings (SSSR count). The van der Waals surface area contributed by atoms with Crippen LogP contribution in [-0.4, -0.2) is 67.8 Å². The molecule has 1 aliphatic heterocycles. The van der Waals surface area contributed by atoms with Gasteiger partial charge >= 0.3 is 12.0 Å². The predicted molar refractivity (Wildman–Crippen MR) is 87.3 cm³/mol. The van der Waals surface area contributed by atoms with Crippen LogP contribution in [0.25, 0.3) is 0 Å². The molecule has 130 valence electrons. The van der Waals surface area contributed by atoms with Crippen molar-refractivity contribution in [2.45, 2.75) is 6.92 Å². The standard InChI is InChI=1S/C16H21N3O5/c1-11-12(15(22)18(8-9-24-2)10-14(20)21)4-3-5-13(11)19-7-6-17-16(19)23/h3-5H,6-10H2,1-2H3,(H,17,23)(H,20,21). The Hall–Kier alpha value is -2.61. The minimum atomic E-state index is -1.09. The normalized spacial score (nSPS) is 13.8. The van der Waals surface area contributed by atoms with Crippen molar-refractivity contribution in [2.75, 3.05) is 44.8 Å². The molecule has 1 heterocycles. The van der Waals surface area contributed by atoms with Crippen LogP contribution in [0.5, 0.6) is 0 Å². The van der Waals surface area contributed by atoms with Crippen LogP contribution in [-0.2, 0) is 9.53 Å². The van der Waals surface area contributed by atoms with Crippen molar-refractivity contribution in [1.29, 1.82) is 0 Å². The van der Waals surface area contributed by atoms with Gasteiger partial charge in [-0.3, -0.25) is 14.5 Å². The van der Waals surface area contributed by atoms with Crippen molar-refractivity contribution in [1.82, 2.24) is 10.2 Å². The second-order valence-electron chi connectivity index (χ2n) is 5.45. The number of anilines is 1. The number of hydrogen-bond acceptors (Lipinski definition) is 4. The molecule has 24 heavy (non-hydrogen) atoms. The molecule has 1 aromatic carbocycles. The summed E-state index contributed by atoms with van der Waals surface area (Å²) < 4.78 is 4.94. The van der Waals surface area contributed by atoms with Gasteiger partial charge in [-0.25, -0.2) is 4.79 Å². The summed E-state index contributed by atoms with van der Waals surface area (Å²) in [5.41, 5.74) is 1.68. The monoisotopic (exact) mass is 335 g/mol. The van der Waals surface area contributed by atoms with E-state index < -0.39 is 18.4 Å². The molecule has 8 nitrogen and oxygen atoms in total. The van der Waals surface area contributed by atoms with E-state index in [-0.39, 0.29) is 19.2 Å². The minimum Gasteiger partial charge on any atom is -0.480 e. The number of benzene rings is 1. The number of carboxylic acid groups (broad SMARTS) is 1. The van der Waals surface area contributed by atoms with Crippen molar-refractivity contribution in [3.8, 4) is 0 Å². The van der Waals surface area contributed by atoms with Gasteiger partial charge in [-0.15, -0.1) is 0 Å². The van der Waals surface area contributed by atoms with Crippen LogP contribution >= 0.6 is 0 Å². The maximum absolute atomic E-state index is 12.7. The van der Waals surface area contributed by atoms with E-state index in [1.807, 2.05) is 0 Å². The Bertz CT molecular complexity index is 647. The van der Waals surface area contributed by atoms with Gasteiger partial charge in [0.1, 0.15) is 6.54 Å². The van der Waals surface area contributed by atoms with Crippen molar-refractivity contribution >= 4 is 23.6 Å². The highest BCUT2D eigenvalue weighted by Gasteiger charge is 2.26. The average molecular weight is 335 g/mol. The van der Waals surface area contributed by atoms with E-state index in [0.29, 0.717) is 29.9 Å². The van der Waals surface area contributed by atoms with Crippen LogP contribution in [0.2, 0.25) is 0 Å². The second kappa shape index (κ2) is 7.78. The first-order chi connectivity index (χ1) is 11.5. The fraction of sp³-hybridized carbons (Fsp3) is 0.438. The molecule has 1 aliphatic rings. The van der Waals surface area contributed by atoms with E-state index in [4.69, 9.17) is 9.84 Å². The molecule has 0 saturated carbocycles. The largest absolute Gasteiger partial charge is 0.480 e. The predicted octanol–water partition coefficient (Wildman–Crippen LogP) is 0.698. The molecule has 0 spiro atoms.